The SMILES string of the molecule is CC(C(=O)NCc1cccc(NC(=O)Cn2cccn2)c1)C1CNC1.Cl. The molecule has 0 spiro atoms. The Bertz CT molecular complexity index is 731. The molecule has 1 aromatic heterocycles. The molecule has 2 aromatic rings. The zero-order valence-corrected chi connectivity index (χ0v) is 15.5. The second-order valence-electron chi connectivity index (χ2n) is 6.38. The smallest absolute Gasteiger partial charge is 0.246 e. The van der Waals surface area contributed by atoms with Gasteiger partial charge in [-0.3, -0.25) is 14.3 Å². The third-order valence-electron chi connectivity index (χ3n) is 4.48. The van der Waals surface area contributed by atoms with Crippen molar-refractivity contribution in [2.75, 3.05) is 18.4 Å². The maximum absolute atomic E-state index is 12.2. The lowest BCUT2D eigenvalue weighted by Gasteiger charge is -2.31. The van der Waals surface area contributed by atoms with E-state index >= 15 is 0 Å². The largest absolute Gasteiger partial charge is 0.352 e. The zero-order valence-electron chi connectivity index (χ0n) is 14.6. The Morgan fingerprint density at radius 2 is 2.15 bits per heavy atom. The lowest BCUT2D eigenvalue weighted by Crippen LogP contribution is -2.49. The lowest BCUT2D eigenvalue weighted by atomic mass is 9.88. The van der Waals surface area contributed by atoms with Gasteiger partial charge in [0.25, 0.3) is 0 Å². The van der Waals surface area contributed by atoms with Gasteiger partial charge in [-0.15, -0.1) is 12.4 Å². The summed E-state index contributed by atoms with van der Waals surface area (Å²) < 4.78 is 1.57. The lowest BCUT2D eigenvalue weighted by molar-refractivity contribution is -0.126. The number of nitrogens with one attached hydrogen (secondary N) is 3. The highest BCUT2D eigenvalue weighted by Crippen LogP contribution is 2.16. The van der Waals surface area contributed by atoms with Gasteiger partial charge in [0.2, 0.25) is 11.8 Å². The molecule has 1 unspecified atom stereocenters. The molecule has 8 heteroatoms. The van der Waals surface area contributed by atoms with Crippen molar-refractivity contribution in [2.45, 2.75) is 20.0 Å². The molecule has 1 fully saturated rings. The van der Waals surface area contributed by atoms with Crippen LogP contribution in [-0.2, 0) is 22.7 Å². The van der Waals surface area contributed by atoms with E-state index in [4.69, 9.17) is 0 Å². The quantitative estimate of drug-likeness (QED) is 0.680. The molecule has 1 atom stereocenters. The van der Waals surface area contributed by atoms with Gasteiger partial charge >= 0.3 is 0 Å². The zero-order chi connectivity index (χ0) is 17.6. The van der Waals surface area contributed by atoms with E-state index in [9.17, 15) is 9.59 Å². The number of halogens is 1. The van der Waals surface area contributed by atoms with Crippen molar-refractivity contribution in [1.82, 2.24) is 20.4 Å². The Balaban J connectivity index is 0.00000243. The number of hydrogen-bond donors (Lipinski definition) is 3. The van der Waals surface area contributed by atoms with E-state index in [0.29, 0.717) is 18.2 Å². The second kappa shape index (κ2) is 9.35. The highest BCUT2D eigenvalue weighted by molar-refractivity contribution is 5.90. The minimum atomic E-state index is -0.143. The predicted octanol–water partition coefficient (Wildman–Crippen LogP) is 1.42. The molecule has 1 saturated heterocycles. The average molecular weight is 378 g/mol. The Labute approximate surface area is 159 Å². The number of amides is 2. The molecule has 0 saturated carbocycles. The van der Waals surface area contributed by atoms with Gasteiger partial charge < -0.3 is 16.0 Å². The molecule has 140 valence electrons. The number of carbonyl (C=O) groups is 2. The van der Waals surface area contributed by atoms with E-state index in [1.165, 1.54) is 0 Å². The van der Waals surface area contributed by atoms with E-state index in [-0.39, 0.29) is 36.7 Å². The van der Waals surface area contributed by atoms with Crippen molar-refractivity contribution in [3.63, 3.8) is 0 Å². The van der Waals surface area contributed by atoms with Crippen LogP contribution in [0.2, 0.25) is 0 Å². The summed E-state index contributed by atoms with van der Waals surface area (Å²) in [6.07, 6.45) is 3.38. The van der Waals surface area contributed by atoms with Crippen LogP contribution in [0.15, 0.2) is 42.7 Å². The van der Waals surface area contributed by atoms with Crippen LogP contribution in [-0.4, -0.2) is 34.7 Å². The molecular weight excluding hydrogens is 354 g/mol. The third kappa shape index (κ3) is 5.31. The van der Waals surface area contributed by atoms with Crippen LogP contribution in [0.5, 0.6) is 0 Å². The first-order valence-electron chi connectivity index (χ1n) is 8.46. The monoisotopic (exact) mass is 377 g/mol. The summed E-state index contributed by atoms with van der Waals surface area (Å²) in [4.78, 5) is 24.2. The minimum Gasteiger partial charge on any atom is -0.352 e. The van der Waals surface area contributed by atoms with Gasteiger partial charge in [0.1, 0.15) is 6.54 Å². The summed E-state index contributed by atoms with van der Waals surface area (Å²) in [6, 6.07) is 9.27. The Hall–Kier alpha value is -2.38. The topological polar surface area (TPSA) is 88.1 Å². The molecule has 0 bridgehead atoms. The van der Waals surface area contributed by atoms with Crippen molar-refractivity contribution in [3.05, 3.63) is 48.3 Å². The van der Waals surface area contributed by atoms with E-state index in [1.54, 1.807) is 23.1 Å². The number of anilines is 1. The van der Waals surface area contributed by atoms with Crippen molar-refractivity contribution in [2.24, 2.45) is 11.8 Å². The van der Waals surface area contributed by atoms with Gasteiger partial charge in [-0.1, -0.05) is 19.1 Å². The van der Waals surface area contributed by atoms with Crippen LogP contribution in [0.25, 0.3) is 0 Å². The number of hydrogen-bond acceptors (Lipinski definition) is 4. The van der Waals surface area contributed by atoms with E-state index in [1.807, 2.05) is 31.2 Å². The van der Waals surface area contributed by atoms with Crippen LogP contribution in [0.4, 0.5) is 5.69 Å². The van der Waals surface area contributed by atoms with E-state index < -0.39 is 0 Å². The molecule has 1 aromatic carbocycles. The second-order valence-corrected chi connectivity index (χ2v) is 6.38. The number of rotatable bonds is 7. The highest BCUT2D eigenvalue weighted by atomic mass is 35.5. The van der Waals surface area contributed by atoms with Crippen LogP contribution in [0.1, 0.15) is 12.5 Å². The van der Waals surface area contributed by atoms with Crippen LogP contribution in [0.3, 0.4) is 0 Å². The van der Waals surface area contributed by atoms with Crippen molar-refractivity contribution < 1.29 is 9.59 Å². The fourth-order valence-corrected chi connectivity index (χ4v) is 2.73. The maximum atomic E-state index is 12.2. The van der Waals surface area contributed by atoms with Gasteiger partial charge in [-0.2, -0.15) is 5.10 Å². The Morgan fingerprint density at radius 1 is 1.35 bits per heavy atom. The fourth-order valence-electron chi connectivity index (χ4n) is 2.73. The van der Waals surface area contributed by atoms with Gasteiger partial charge in [0.05, 0.1) is 0 Å². The number of nitrogens with zero attached hydrogens (tertiary/aromatic N) is 2. The summed E-state index contributed by atoms with van der Waals surface area (Å²) in [7, 11) is 0. The molecule has 2 amide bonds. The van der Waals surface area contributed by atoms with Gasteiger partial charge in [-0.25, -0.2) is 0 Å². The molecular formula is C18H24ClN5O2. The van der Waals surface area contributed by atoms with Gasteiger partial charge in [0, 0.05) is 30.5 Å². The normalized spacial score (nSPS) is 14.7. The van der Waals surface area contributed by atoms with Crippen molar-refractivity contribution in [3.8, 4) is 0 Å². The van der Waals surface area contributed by atoms with Crippen molar-refractivity contribution >= 4 is 29.9 Å². The molecule has 3 N–H and O–H groups in total. The number of benzene rings is 1. The molecule has 1 aliphatic rings. The molecule has 1 aliphatic heterocycles. The van der Waals surface area contributed by atoms with Crippen LogP contribution in [0, 0.1) is 11.8 Å². The summed E-state index contributed by atoms with van der Waals surface area (Å²) >= 11 is 0. The van der Waals surface area contributed by atoms with Crippen LogP contribution >= 0.6 is 12.4 Å². The third-order valence-corrected chi connectivity index (χ3v) is 4.48. The molecule has 2 heterocycles. The fraction of sp³-hybridized carbons (Fsp3) is 0.389. The maximum Gasteiger partial charge on any atom is 0.246 e. The average Bonchev–Trinajstić information content (AvgIpc) is 3.04. The summed E-state index contributed by atoms with van der Waals surface area (Å²) in [5.41, 5.74) is 1.66. The van der Waals surface area contributed by atoms with Crippen LogP contribution < -0.4 is 16.0 Å². The number of carbonyl (C=O) groups excluding carboxylic acids is 2. The highest BCUT2D eigenvalue weighted by Gasteiger charge is 2.28. The Kier molecular flexibility index (Phi) is 7.17. The summed E-state index contributed by atoms with van der Waals surface area (Å²) in [5.74, 6) is 0.363. The van der Waals surface area contributed by atoms with Crippen molar-refractivity contribution in [1.29, 1.82) is 0 Å². The van der Waals surface area contributed by atoms with Gasteiger partial charge in [0.15, 0.2) is 0 Å². The first kappa shape index (κ1) is 19.9. The molecule has 0 aliphatic carbocycles. The van der Waals surface area contributed by atoms with E-state index in [2.05, 4.69) is 21.0 Å². The summed E-state index contributed by atoms with van der Waals surface area (Å²) in [5, 5.41) is 13.0. The Morgan fingerprint density at radius 3 is 2.81 bits per heavy atom. The first-order valence-corrected chi connectivity index (χ1v) is 8.46. The van der Waals surface area contributed by atoms with E-state index in [0.717, 1.165) is 18.7 Å². The molecule has 0 radical (unpaired) electrons. The predicted molar refractivity (Wildman–Crippen MR) is 102 cm³/mol. The minimum absolute atomic E-state index is 0. The number of aromatic nitrogens is 2. The first-order chi connectivity index (χ1) is 12.1. The molecule has 26 heavy (non-hydrogen) atoms. The standard InChI is InChI=1S/C18H23N5O2.ClH/c1-13(15-10-19-11-15)18(25)20-9-14-4-2-5-16(8-14)22-17(24)12-23-7-3-6-21-23;/h2-8,13,15,19H,9-12H2,1H3,(H,20,25)(H,22,24);1H. The van der Waals surface area contributed by atoms with Gasteiger partial charge in [-0.05, 0) is 42.8 Å². The molecule has 7 nitrogen and oxygen atoms in total. The summed E-state index contributed by atoms with van der Waals surface area (Å²) in [6.45, 7) is 4.40. The molecule has 3 rings (SSSR count).